The van der Waals surface area contributed by atoms with E-state index in [9.17, 15) is 18.8 Å². The molecule has 1 heterocycles. The maximum atomic E-state index is 13.7. The van der Waals surface area contributed by atoms with Crippen LogP contribution in [0.4, 0.5) is 15.8 Å². The van der Waals surface area contributed by atoms with Crippen molar-refractivity contribution < 1.29 is 23.5 Å². The Morgan fingerprint density at radius 2 is 1.81 bits per heavy atom. The van der Waals surface area contributed by atoms with E-state index < -0.39 is 17.0 Å². The number of thioether (sulfide) groups is 1. The third kappa shape index (κ3) is 6.37. The highest BCUT2D eigenvalue weighted by Gasteiger charge is 2.39. The van der Waals surface area contributed by atoms with Crippen LogP contribution in [0.2, 0.25) is 0 Å². The van der Waals surface area contributed by atoms with Gasteiger partial charge in [0, 0.05) is 12.1 Å². The van der Waals surface area contributed by atoms with Crippen LogP contribution in [0.25, 0.3) is 0 Å². The van der Waals surface area contributed by atoms with Crippen LogP contribution in [-0.4, -0.2) is 39.7 Å². The monoisotopic (exact) mass is 505 g/mol. The summed E-state index contributed by atoms with van der Waals surface area (Å²) in [5.74, 6) is -1.46. The van der Waals surface area contributed by atoms with E-state index in [0.29, 0.717) is 22.1 Å². The fourth-order valence-electron chi connectivity index (χ4n) is 3.58. The summed E-state index contributed by atoms with van der Waals surface area (Å²) >= 11 is 1.18. The van der Waals surface area contributed by atoms with Crippen molar-refractivity contribution in [2.45, 2.75) is 25.1 Å². The molecule has 1 saturated heterocycles. The first-order chi connectivity index (χ1) is 17.4. The SMILES string of the molecule is CCOC(=O)c1ccc(NC(=O)C[C@@H]2SC(=Nc3cccc(F)c3)N(Cc3ccccc3)C2=O)cc1. The molecule has 1 N–H and O–H groups in total. The number of carbonyl (C=O) groups excluding carboxylic acids is 3. The van der Waals surface area contributed by atoms with Crippen molar-refractivity contribution in [1.82, 2.24) is 4.90 Å². The summed E-state index contributed by atoms with van der Waals surface area (Å²) in [6.07, 6.45) is -0.0728. The van der Waals surface area contributed by atoms with E-state index in [-0.39, 0.29) is 31.4 Å². The summed E-state index contributed by atoms with van der Waals surface area (Å²) in [4.78, 5) is 43.8. The van der Waals surface area contributed by atoms with E-state index in [1.807, 2.05) is 30.3 Å². The molecule has 0 radical (unpaired) electrons. The van der Waals surface area contributed by atoms with Gasteiger partial charge in [0.05, 0.1) is 24.4 Å². The number of amides is 2. The van der Waals surface area contributed by atoms with Crippen LogP contribution < -0.4 is 5.32 Å². The predicted molar refractivity (Wildman–Crippen MR) is 138 cm³/mol. The quantitative estimate of drug-likeness (QED) is 0.427. The molecule has 7 nitrogen and oxygen atoms in total. The highest BCUT2D eigenvalue weighted by atomic mass is 32.2. The number of hydrogen-bond donors (Lipinski definition) is 1. The molecule has 36 heavy (non-hydrogen) atoms. The van der Waals surface area contributed by atoms with E-state index in [1.165, 1.54) is 28.8 Å². The molecule has 1 aliphatic rings. The molecule has 1 fully saturated rings. The maximum Gasteiger partial charge on any atom is 0.338 e. The number of esters is 1. The first kappa shape index (κ1) is 25.1. The fourth-order valence-corrected chi connectivity index (χ4v) is 4.73. The number of benzene rings is 3. The summed E-state index contributed by atoms with van der Waals surface area (Å²) in [5.41, 5.74) is 2.17. The van der Waals surface area contributed by atoms with Crippen molar-refractivity contribution >= 4 is 46.1 Å². The van der Waals surface area contributed by atoms with Crippen LogP contribution >= 0.6 is 11.8 Å². The summed E-state index contributed by atoms with van der Waals surface area (Å²) in [5, 5.41) is 2.49. The normalized spacial score (nSPS) is 16.3. The van der Waals surface area contributed by atoms with Crippen molar-refractivity contribution in [3.05, 3.63) is 95.8 Å². The molecule has 0 bridgehead atoms. The minimum Gasteiger partial charge on any atom is -0.462 e. The van der Waals surface area contributed by atoms with Crippen LogP contribution in [0.5, 0.6) is 0 Å². The lowest BCUT2D eigenvalue weighted by molar-refractivity contribution is -0.128. The Bertz CT molecular complexity index is 1280. The van der Waals surface area contributed by atoms with Gasteiger partial charge in [-0.15, -0.1) is 0 Å². The molecule has 1 atom stereocenters. The Morgan fingerprint density at radius 1 is 1.06 bits per heavy atom. The number of anilines is 1. The first-order valence-corrected chi connectivity index (χ1v) is 12.2. The second-order valence-corrected chi connectivity index (χ2v) is 9.11. The Balaban J connectivity index is 1.48. The standard InChI is InChI=1S/C27H24FN3O4S/c1-2-35-26(34)19-11-13-21(14-12-19)29-24(32)16-23-25(33)31(17-18-7-4-3-5-8-18)27(36-23)30-22-10-6-9-20(28)15-22/h3-15,23H,2,16-17H2,1H3,(H,29,32)/t23-/m0/s1. The molecule has 2 amide bonds. The molecular weight excluding hydrogens is 481 g/mol. The van der Waals surface area contributed by atoms with Gasteiger partial charge < -0.3 is 10.1 Å². The molecule has 184 valence electrons. The smallest absolute Gasteiger partial charge is 0.338 e. The van der Waals surface area contributed by atoms with E-state index >= 15 is 0 Å². The Hall–Kier alpha value is -3.98. The number of ether oxygens (including phenoxy) is 1. The average molecular weight is 506 g/mol. The van der Waals surface area contributed by atoms with Crippen molar-refractivity contribution in [3.63, 3.8) is 0 Å². The van der Waals surface area contributed by atoms with Gasteiger partial charge in [0.15, 0.2) is 5.17 Å². The third-order valence-corrected chi connectivity index (χ3v) is 6.46. The molecule has 3 aromatic rings. The van der Waals surface area contributed by atoms with Crippen molar-refractivity contribution in [2.75, 3.05) is 11.9 Å². The number of halogens is 1. The molecule has 0 aliphatic carbocycles. The van der Waals surface area contributed by atoms with E-state index in [1.54, 1.807) is 43.3 Å². The molecule has 3 aromatic carbocycles. The molecule has 0 unspecified atom stereocenters. The van der Waals surface area contributed by atoms with Gasteiger partial charge >= 0.3 is 5.97 Å². The number of carbonyl (C=O) groups is 3. The van der Waals surface area contributed by atoms with Crippen LogP contribution in [-0.2, 0) is 20.9 Å². The number of hydrogen-bond acceptors (Lipinski definition) is 6. The lowest BCUT2D eigenvalue weighted by Crippen LogP contribution is -2.33. The third-order valence-electron chi connectivity index (χ3n) is 5.29. The zero-order valence-electron chi connectivity index (χ0n) is 19.5. The van der Waals surface area contributed by atoms with Gasteiger partial charge in [-0.3, -0.25) is 14.5 Å². The molecule has 0 aromatic heterocycles. The highest BCUT2D eigenvalue weighted by Crippen LogP contribution is 2.33. The molecule has 9 heteroatoms. The van der Waals surface area contributed by atoms with E-state index in [0.717, 1.165) is 5.56 Å². The Labute approximate surface area is 212 Å². The van der Waals surface area contributed by atoms with Crippen molar-refractivity contribution in [3.8, 4) is 0 Å². The Morgan fingerprint density at radius 3 is 2.50 bits per heavy atom. The number of amidine groups is 1. The average Bonchev–Trinajstić information content (AvgIpc) is 3.14. The summed E-state index contributed by atoms with van der Waals surface area (Å²) < 4.78 is 18.6. The van der Waals surface area contributed by atoms with Crippen molar-refractivity contribution in [2.24, 2.45) is 4.99 Å². The van der Waals surface area contributed by atoms with E-state index in [2.05, 4.69) is 10.3 Å². The molecule has 4 rings (SSSR count). The van der Waals surface area contributed by atoms with Crippen LogP contribution in [0.15, 0.2) is 83.9 Å². The Kier molecular flexibility index (Phi) is 8.12. The topological polar surface area (TPSA) is 88.1 Å². The minimum absolute atomic E-state index is 0.0728. The zero-order chi connectivity index (χ0) is 25.5. The predicted octanol–water partition coefficient (Wildman–Crippen LogP) is 5.16. The largest absolute Gasteiger partial charge is 0.462 e. The van der Waals surface area contributed by atoms with Crippen LogP contribution in [0.1, 0.15) is 29.3 Å². The number of aliphatic imine (C=N–C) groups is 1. The first-order valence-electron chi connectivity index (χ1n) is 11.4. The second kappa shape index (κ2) is 11.6. The van der Waals surface area contributed by atoms with Crippen LogP contribution in [0, 0.1) is 5.82 Å². The maximum absolute atomic E-state index is 13.7. The van der Waals surface area contributed by atoms with Crippen molar-refractivity contribution in [1.29, 1.82) is 0 Å². The number of nitrogens with zero attached hydrogens (tertiary/aromatic N) is 2. The van der Waals surface area contributed by atoms with Gasteiger partial charge in [0.1, 0.15) is 11.1 Å². The van der Waals surface area contributed by atoms with Gasteiger partial charge in [-0.1, -0.05) is 48.2 Å². The lowest BCUT2D eigenvalue weighted by Gasteiger charge is -2.16. The molecule has 0 spiro atoms. The minimum atomic E-state index is -0.681. The zero-order valence-corrected chi connectivity index (χ0v) is 20.3. The number of nitrogens with one attached hydrogen (secondary N) is 1. The molecule has 0 saturated carbocycles. The van der Waals surface area contributed by atoms with Crippen LogP contribution in [0.3, 0.4) is 0 Å². The van der Waals surface area contributed by atoms with Gasteiger partial charge in [-0.2, -0.15) is 0 Å². The fraction of sp³-hybridized carbons (Fsp3) is 0.185. The summed E-state index contributed by atoms with van der Waals surface area (Å²) in [7, 11) is 0. The van der Waals surface area contributed by atoms with Gasteiger partial charge in [-0.05, 0) is 55.0 Å². The molecule has 1 aliphatic heterocycles. The van der Waals surface area contributed by atoms with Gasteiger partial charge in [0.25, 0.3) is 0 Å². The van der Waals surface area contributed by atoms with Gasteiger partial charge in [0.2, 0.25) is 11.8 Å². The highest BCUT2D eigenvalue weighted by molar-refractivity contribution is 8.15. The van der Waals surface area contributed by atoms with E-state index in [4.69, 9.17) is 4.74 Å². The number of rotatable bonds is 8. The van der Waals surface area contributed by atoms with Gasteiger partial charge in [-0.25, -0.2) is 14.2 Å². The second-order valence-electron chi connectivity index (χ2n) is 7.94. The lowest BCUT2D eigenvalue weighted by atomic mass is 10.2. The summed E-state index contributed by atoms with van der Waals surface area (Å²) in [6, 6.07) is 21.6. The summed E-state index contributed by atoms with van der Waals surface area (Å²) in [6.45, 7) is 2.29. The molecular formula is C27H24FN3O4S.